The zero-order valence-corrected chi connectivity index (χ0v) is 18.9. The van der Waals surface area contributed by atoms with E-state index in [4.69, 9.17) is 0 Å². The van der Waals surface area contributed by atoms with Crippen molar-refractivity contribution >= 4 is 29.7 Å². The molecule has 8 nitrogen and oxygen atoms in total. The lowest BCUT2D eigenvalue weighted by atomic mass is 9.61. The molecule has 9 heteroatoms. The van der Waals surface area contributed by atoms with Crippen LogP contribution in [0.2, 0.25) is 0 Å². The van der Waals surface area contributed by atoms with Crippen molar-refractivity contribution in [1.29, 1.82) is 0 Å². The number of rotatable bonds is 7. The van der Waals surface area contributed by atoms with Crippen molar-refractivity contribution in [2.24, 2.45) is 16.7 Å². The summed E-state index contributed by atoms with van der Waals surface area (Å²) in [4.78, 5) is 41.4. The van der Waals surface area contributed by atoms with Crippen molar-refractivity contribution in [2.75, 3.05) is 6.54 Å². The van der Waals surface area contributed by atoms with Crippen molar-refractivity contribution in [3.63, 3.8) is 0 Å². The van der Waals surface area contributed by atoms with Gasteiger partial charge < -0.3 is 20.8 Å². The first kappa shape index (κ1) is 24.0. The Balaban J connectivity index is 2.24. The third kappa shape index (κ3) is 3.99. The fourth-order valence-electron chi connectivity index (χ4n) is 4.50. The molecule has 1 aromatic rings. The van der Waals surface area contributed by atoms with Crippen LogP contribution in [-0.2, 0) is 16.0 Å². The van der Waals surface area contributed by atoms with Crippen LogP contribution in [0.15, 0.2) is 24.5 Å². The number of pyridine rings is 1. The smallest absolute Gasteiger partial charge is 0.320 e. The summed E-state index contributed by atoms with van der Waals surface area (Å²) >= 11 is 1.04. The molecule has 2 heterocycles. The quantitative estimate of drug-likeness (QED) is 0.516. The standard InChI is InChI=1S/C21H31N3O5S/c1-6-20(16(25)26)13(2)21(17(27)28,19(3,4)5)30-15(20)24-18(29)23-11-9-14-8-7-10-22-12-14/h7-8,10,12-13,15H,6,9,11H2,1-5H3,(H,25,26)(H,27,28)(H2,23,24,29). The highest BCUT2D eigenvalue weighted by atomic mass is 32.2. The Morgan fingerprint density at radius 3 is 2.37 bits per heavy atom. The molecule has 0 aromatic carbocycles. The van der Waals surface area contributed by atoms with Crippen molar-refractivity contribution in [3.8, 4) is 0 Å². The number of hydrogen-bond donors (Lipinski definition) is 4. The van der Waals surface area contributed by atoms with Gasteiger partial charge in [-0.15, -0.1) is 11.8 Å². The second kappa shape index (κ2) is 8.83. The average molecular weight is 438 g/mol. The van der Waals surface area contributed by atoms with Crippen LogP contribution in [0, 0.1) is 16.7 Å². The van der Waals surface area contributed by atoms with Gasteiger partial charge in [0, 0.05) is 24.9 Å². The summed E-state index contributed by atoms with van der Waals surface area (Å²) in [5.74, 6) is -2.87. The molecule has 2 amide bonds. The van der Waals surface area contributed by atoms with Crippen LogP contribution in [-0.4, -0.2) is 49.8 Å². The number of carbonyl (C=O) groups is 3. The normalized spacial score (nSPS) is 28.7. The maximum absolute atomic E-state index is 12.6. The summed E-state index contributed by atoms with van der Waals surface area (Å²) in [6.07, 6.45) is 4.16. The SMILES string of the molecule is CCC1(C(=O)O)C(NC(=O)NCCc2cccnc2)SC(C(=O)O)(C(C)(C)C)C1C. The van der Waals surface area contributed by atoms with E-state index in [9.17, 15) is 24.6 Å². The van der Waals surface area contributed by atoms with Gasteiger partial charge in [0.1, 0.15) is 10.2 Å². The van der Waals surface area contributed by atoms with Gasteiger partial charge in [-0.3, -0.25) is 14.6 Å². The Morgan fingerprint density at radius 1 is 1.23 bits per heavy atom. The molecule has 1 aliphatic rings. The predicted molar refractivity (Wildman–Crippen MR) is 115 cm³/mol. The molecule has 0 spiro atoms. The van der Waals surface area contributed by atoms with Crippen LogP contribution in [0.25, 0.3) is 0 Å². The van der Waals surface area contributed by atoms with Crippen LogP contribution >= 0.6 is 11.8 Å². The van der Waals surface area contributed by atoms with Gasteiger partial charge in [-0.25, -0.2) is 4.79 Å². The number of hydrogen-bond acceptors (Lipinski definition) is 5. The van der Waals surface area contributed by atoms with Gasteiger partial charge in [-0.1, -0.05) is 40.7 Å². The van der Waals surface area contributed by atoms with E-state index in [2.05, 4.69) is 15.6 Å². The highest BCUT2D eigenvalue weighted by Gasteiger charge is 2.71. The molecule has 4 atom stereocenters. The van der Waals surface area contributed by atoms with Crippen LogP contribution in [0.5, 0.6) is 0 Å². The number of aliphatic carboxylic acids is 2. The van der Waals surface area contributed by atoms with E-state index in [1.54, 1.807) is 47.0 Å². The number of thioether (sulfide) groups is 1. The molecule has 166 valence electrons. The lowest BCUT2D eigenvalue weighted by Crippen LogP contribution is -2.55. The first-order valence-electron chi connectivity index (χ1n) is 10.0. The van der Waals surface area contributed by atoms with Crippen LogP contribution in [0.1, 0.15) is 46.6 Å². The van der Waals surface area contributed by atoms with Gasteiger partial charge in [0.2, 0.25) is 0 Å². The van der Waals surface area contributed by atoms with Crippen LogP contribution < -0.4 is 10.6 Å². The molecule has 0 bridgehead atoms. The van der Waals surface area contributed by atoms with E-state index >= 15 is 0 Å². The Labute approximate surface area is 181 Å². The first-order chi connectivity index (χ1) is 13.9. The maximum atomic E-state index is 12.6. The zero-order chi connectivity index (χ0) is 22.7. The highest BCUT2D eigenvalue weighted by Crippen LogP contribution is 2.64. The number of nitrogens with one attached hydrogen (secondary N) is 2. The molecule has 1 fully saturated rings. The summed E-state index contributed by atoms with van der Waals surface area (Å²) in [5, 5.41) is 24.9. The average Bonchev–Trinajstić information content (AvgIpc) is 2.92. The minimum atomic E-state index is -1.41. The molecule has 1 aromatic heterocycles. The van der Waals surface area contributed by atoms with E-state index in [1.165, 1.54) is 0 Å². The van der Waals surface area contributed by atoms with Gasteiger partial charge in [0.15, 0.2) is 0 Å². The van der Waals surface area contributed by atoms with E-state index < -0.39 is 44.8 Å². The third-order valence-electron chi connectivity index (χ3n) is 6.25. The largest absolute Gasteiger partial charge is 0.481 e. The summed E-state index contributed by atoms with van der Waals surface area (Å²) < 4.78 is -1.37. The zero-order valence-electron chi connectivity index (χ0n) is 18.1. The lowest BCUT2D eigenvalue weighted by Gasteiger charge is -2.43. The van der Waals surface area contributed by atoms with Crippen molar-refractivity contribution < 1.29 is 24.6 Å². The summed E-state index contributed by atoms with van der Waals surface area (Å²) in [7, 11) is 0. The van der Waals surface area contributed by atoms with Crippen molar-refractivity contribution in [1.82, 2.24) is 15.6 Å². The van der Waals surface area contributed by atoms with Gasteiger partial charge in [-0.05, 0) is 29.9 Å². The number of amides is 2. The topological polar surface area (TPSA) is 129 Å². The fourth-order valence-corrected chi connectivity index (χ4v) is 6.59. The molecule has 0 radical (unpaired) electrons. The van der Waals surface area contributed by atoms with E-state index in [1.807, 2.05) is 12.1 Å². The molecule has 1 saturated heterocycles. The minimum Gasteiger partial charge on any atom is -0.481 e. The molecule has 1 aliphatic heterocycles. The number of aromatic nitrogens is 1. The number of urea groups is 1. The molecule has 4 unspecified atom stereocenters. The van der Waals surface area contributed by atoms with Gasteiger partial charge in [-0.2, -0.15) is 0 Å². The second-order valence-corrected chi connectivity index (χ2v) is 10.1. The van der Waals surface area contributed by atoms with Gasteiger partial charge in [0.25, 0.3) is 0 Å². The molecule has 0 aliphatic carbocycles. The summed E-state index contributed by atoms with van der Waals surface area (Å²) in [5.41, 5.74) is -1.17. The Kier molecular flexibility index (Phi) is 7.06. The predicted octanol–water partition coefficient (Wildman–Crippen LogP) is 2.98. The Hall–Kier alpha value is -2.29. The monoisotopic (exact) mass is 437 g/mol. The van der Waals surface area contributed by atoms with E-state index in [-0.39, 0.29) is 6.42 Å². The first-order valence-corrected chi connectivity index (χ1v) is 10.9. The summed E-state index contributed by atoms with van der Waals surface area (Å²) in [6, 6.07) is 3.20. The molecule has 2 rings (SSSR count). The van der Waals surface area contributed by atoms with Crippen LogP contribution in [0.4, 0.5) is 4.79 Å². The van der Waals surface area contributed by atoms with Gasteiger partial charge >= 0.3 is 18.0 Å². The maximum Gasteiger partial charge on any atom is 0.320 e. The molecule has 0 saturated carbocycles. The summed E-state index contributed by atoms with van der Waals surface area (Å²) in [6.45, 7) is 9.13. The van der Waals surface area contributed by atoms with Crippen molar-refractivity contribution in [2.45, 2.75) is 57.6 Å². The molecular formula is C21H31N3O5S. The van der Waals surface area contributed by atoms with E-state index in [0.29, 0.717) is 13.0 Å². The second-order valence-electron chi connectivity index (χ2n) is 8.72. The fraction of sp³-hybridized carbons (Fsp3) is 0.619. The number of carboxylic acid groups (broad SMARTS) is 2. The highest BCUT2D eigenvalue weighted by molar-refractivity contribution is 8.02. The number of carbonyl (C=O) groups excluding carboxylic acids is 1. The Bertz CT molecular complexity index is 798. The number of carboxylic acids is 2. The number of nitrogens with zero attached hydrogens (tertiary/aromatic N) is 1. The van der Waals surface area contributed by atoms with Crippen LogP contribution in [0.3, 0.4) is 0 Å². The minimum absolute atomic E-state index is 0.197. The van der Waals surface area contributed by atoms with Crippen molar-refractivity contribution in [3.05, 3.63) is 30.1 Å². The lowest BCUT2D eigenvalue weighted by molar-refractivity contribution is -0.157. The van der Waals surface area contributed by atoms with Gasteiger partial charge in [0.05, 0.1) is 5.37 Å². The molecule has 30 heavy (non-hydrogen) atoms. The molecular weight excluding hydrogens is 406 g/mol. The Morgan fingerprint density at radius 2 is 1.90 bits per heavy atom. The third-order valence-corrected chi connectivity index (χ3v) is 8.54. The molecule has 4 N–H and O–H groups in total. The van der Waals surface area contributed by atoms with E-state index in [0.717, 1.165) is 17.3 Å².